The van der Waals surface area contributed by atoms with Gasteiger partial charge in [-0.15, -0.1) is 0 Å². The van der Waals surface area contributed by atoms with Gasteiger partial charge in [0.1, 0.15) is 11.5 Å². The maximum absolute atomic E-state index is 13.8. The second-order valence-corrected chi connectivity index (χ2v) is 9.63. The van der Waals surface area contributed by atoms with E-state index in [1.165, 1.54) is 12.1 Å². The van der Waals surface area contributed by atoms with E-state index in [1.807, 2.05) is 79.9 Å². The Morgan fingerprint density at radius 2 is 1.62 bits per heavy atom. The van der Waals surface area contributed by atoms with Crippen LogP contribution in [0.4, 0.5) is 15.8 Å². The van der Waals surface area contributed by atoms with E-state index in [9.17, 15) is 14.0 Å². The molecule has 5 nitrogen and oxygen atoms in total. The van der Waals surface area contributed by atoms with Gasteiger partial charge in [0, 0.05) is 35.2 Å². The number of carbonyl (C=O) groups is 2. The van der Waals surface area contributed by atoms with Gasteiger partial charge in [0.2, 0.25) is 5.91 Å². The predicted octanol–water partition coefficient (Wildman–Crippen LogP) is 6.46. The number of nitrogens with zero attached hydrogens (tertiary/aromatic N) is 1. The molecule has 0 saturated heterocycles. The summed E-state index contributed by atoms with van der Waals surface area (Å²) in [5.41, 5.74) is 3.24. The average Bonchev–Trinajstić information content (AvgIpc) is 3.11. The molecular formula is C28H28FN3O2. The van der Waals surface area contributed by atoms with E-state index >= 15 is 0 Å². The van der Waals surface area contributed by atoms with Crippen molar-refractivity contribution in [2.75, 3.05) is 10.6 Å². The Hall–Kier alpha value is -3.93. The molecule has 3 aromatic carbocycles. The van der Waals surface area contributed by atoms with Crippen molar-refractivity contribution in [2.45, 2.75) is 33.7 Å². The number of halogens is 1. The normalized spacial score (nSPS) is 11.4. The molecule has 0 aliphatic carbocycles. The van der Waals surface area contributed by atoms with Gasteiger partial charge in [-0.25, -0.2) is 4.39 Å². The summed E-state index contributed by atoms with van der Waals surface area (Å²) < 4.78 is 15.7. The first-order chi connectivity index (χ1) is 16.2. The van der Waals surface area contributed by atoms with Crippen molar-refractivity contribution >= 4 is 34.1 Å². The molecule has 0 unspecified atom stereocenters. The number of nitrogens with one attached hydrogen (secondary N) is 2. The Kier molecular flexibility index (Phi) is 6.50. The lowest BCUT2D eigenvalue weighted by Crippen LogP contribution is -2.19. The Morgan fingerprint density at radius 3 is 2.32 bits per heavy atom. The van der Waals surface area contributed by atoms with Crippen LogP contribution in [0.5, 0.6) is 0 Å². The Labute approximate surface area is 198 Å². The van der Waals surface area contributed by atoms with Crippen molar-refractivity contribution in [3.05, 3.63) is 95.9 Å². The third-order valence-electron chi connectivity index (χ3n) is 5.37. The second kappa shape index (κ2) is 9.51. The number of anilines is 2. The molecule has 174 valence electrons. The lowest BCUT2D eigenvalue weighted by Gasteiger charge is -2.17. The summed E-state index contributed by atoms with van der Waals surface area (Å²) >= 11 is 0. The molecule has 4 rings (SSSR count). The summed E-state index contributed by atoms with van der Waals surface area (Å²) in [5, 5.41) is 6.68. The van der Waals surface area contributed by atoms with Gasteiger partial charge in [-0.3, -0.25) is 9.59 Å². The van der Waals surface area contributed by atoms with Crippen LogP contribution < -0.4 is 10.6 Å². The Bertz CT molecular complexity index is 1340. The highest BCUT2D eigenvalue weighted by Crippen LogP contribution is 2.27. The molecule has 0 aliphatic heterocycles. The van der Waals surface area contributed by atoms with Crippen LogP contribution in [0.3, 0.4) is 0 Å². The molecule has 1 heterocycles. The van der Waals surface area contributed by atoms with Gasteiger partial charge in [-0.05, 0) is 59.5 Å². The largest absolute Gasteiger partial charge is 0.332 e. The van der Waals surface area contributed by atoms with Crippen molar-refractivity contribution in [3.8, 4) is 0 Å². The lowest BCUT2D eigenvalue weighted by atomic mass is 9.92. The lowest BCUT2D eigenvalue weighted by molar-refractivity contribution is -0.117. The van der Waals surface area contributed by atoms with E-state index in [1.54, 1.807) is 12.1 Å². The molecule has 34 heavy (non-hydrogen) atoms. The van der Waals surface area contributed by atoms with Crippen LogP contribution in [0.25, 0.3) is 10.9 Å². The SMILES string of the molecule is CC(C)(C)CC(=O)Nc1ccc2c(c1)cc(C(=O)Nc1ccccc1)n2Cc1cccc(F)c1. The molecule has 1 aromatic heterocycles. The first kappa shape index (κ1) is 23.2. The molecule has 2 N–H and O–H groups in total. The smallest absolute Gasteiger partial charge is 0.272 e. The number of para-hydroxylation sites is 1. The van der Waals surface area contributed by atoms with Gasteiger partial charge in [0.15, 0.2) is 0 Å². The van der Waals surface area contributed by atoms with E-state index in [0.29, 0.717) is 30.0 Å². The van der Waals surface area contributed by atoms with Gasteiger partial charge < -0.3 is 15.2 Å². The standard InChI is InChI=1S/C28H28FN3O2/c1-28(2,3)17-26(33)30-23-12-13-24-20(15-23)16-25(27(34)31-22-10-5-4-6-11-22)32(24)18-19-8-7-9-21(29)14-19/h4-16H,17-18H2,1-3H3,(H,30,33)(H,31,34). The van der Waals surface area contributed by atoms with E-state index in [4.69, 9.17) is 0 Å². The van der Waals surface area contributed by atoms with Crippen molar-refractivity contribution in [1.82, 2.24) is 4.57 Å². The third kappa shape index (κ3) is 5.70. The molecule has 0 atom stereocenters. The Balaban J connectivity index is 1.70. The van der Waals surface area contributed by atoms with Crippen LogP contribution in [0.1, 0.15) is 43.2 Å². The molecular weight excluding hydrogens is 429 g/mol. The highest BCUT2D eigenvalue weighted by Gasteiger charge is 2.19. The van der Waals surface area contributed by atoms with Gasteiger partial charge in [-0.2, -0.15) is 0 Å². The number of hydrogen-bond donors (Lipinski definition) is 2. The first-order valence-corrected chi connectivity index (χ1v) is 11.2. The fourth-order valence-electron chi connectivity index (χ4n) is 3.93. The first-order valence-electron chi connectivity index (χ1n) is 11.2. The number of carbonyl (C=O) groups excluding carboxylic acids is 2. The van der Waals surface area contributed by atoms with Crippen molar-refractivity contribution in [1.29, 1.82) is 0 Å². The molecule has 0 saturated carbocycles. The minimum absolute atomic E-state index is 0.0620. The zero-order valence-electron chi connectivity index (χ0n) is 19.6. The van der Waals surface area contributed by atoms with Gasteiger partial charge in [0.25, 0.3) is 5.91 Å². The predicted molar refractivity (Wildman–Crippen MR) is 135 cm³/mol. The van der Waals surface area contributed by atoms with Crippen LogP contribution in [0, 0.1) is 11.2 Å². The number of amides is 2. The second-order valence-electron chi connectivity index (χ2n) is 9.63. The number of aromatic nitrogens is 1. The van der Waals surface area contributed by atoms with E-state index in [-0.39, 0.29) is 23.0 Å². The highest BCUT2D eigenvalue weighted by atomic mass is 19.1. The third-order valence-corrected chi connectivity index (χ3v) is 5.37. The zero-order valence-corrected chi connectivity index (χ0v) is 19.6. The monoisotopic (exact) mass is 457 g/mol. The molecule has 2 amide bonds. The van der Waals surface area contributed by atoms with Crippen LogP contribution >= 0.6 is 0 Å². The zero-order chi connectivity index (χ0) is 24.3. The number of rotatable bonds is 6. The molecule has 0 aliphatic rings. The summed E-state index contributed by atoms with van der Waals surface area (Å²) in [6, 6.07) is 22.9. The maximum Gasteiger partial charge on any atom is 0.272 e. The minimum Gasteiger partial charge on any atom is -0.332 e. The van der Waals surface area contributed by atoms with E-state index < -0.39 is 0 Å². The van der Waals surface area contributed by atoms with Gasteiger partial charge in [-0.1, -0.05) is 51.1 Å². The molecule has 0 fully saturated rings. The highest BCUT2D eigenvalue weighted by molar-refractivity contribution is 6.07. The van der Waals surface area contributed by atoms with Crippen LogP contribution in [-0.2, 0) is 11.3 Å². The molecule has 0 radical (unpaired) electrons. The summed E-state index contributed by atoms with van der Waals surface area (Å²) in [4.78, 5) is 25.6. The summed E-state index contributed by atoms with van der Waals surface area (Å²) in [7, 11) is 0. The molecule has 6 heteroatoms. The Morgan fingerprint density at radius 1 is 0.853 bits per heavy atom. The molecule has 0 spiro atoms. The minimum atomic E-state index is -0.326. The summed E-state index contributed by atoms with van der Waals surface area (Å²) in [6.07, 6.45) is 0.399. The average molecular weight is 458 g/mol. The van der Waals surface area contributed by atoms with Crippen LogP contribution in [0.15, 0.2) is 78.9 Å². The van der Waals surface area contributed by atoms with E-state index in [0.717, 1.165) is 16.5 Å². The topological polar surface area (TPSA) is 63.1 Å². The number of benzene rings is 3. The number of hydrogen-bond acceptors (Lipinski definition) is 2. The molecule has 4 aromatic rings. The fraction of sp³-hybridized carbons (Fsp3) is 0.214. The van der Waals surface area contributed by atoms with Crippen molar-refractivity contribution in [3.63, 3.8) is 0 Å². The van der Waals surface area contributed by atoms with Crippen molar-refractivity contribution in [2.24, 2.45) is 5.41 Å². The van der Waals surface area contributed by atoms with Crippen LogP contribution in [-0.4, -0.2) is 16.4 Å². The van der Waals surface area contributed by atoms with Crippen molar-refractivity contribution < 1.29 is 14.0 Å². The maximum atomic E-state index is 13.8. The van der Waals surface area contributed by atoms with E-state index in [2.05, 4.69) is 10.6 Å². The quantitative estimate of drug-likeness (QED) is 0.349. The van der Waals surface area contributed by atoms with Gasteiger partial charge >= 0.3 is 0 Å². The number of fused-ring (bicyclic) bond motifs is 1. The summed E-state index contributed by atoms with van der Waals surface area (Å²) in [5.74, 6) is -0.654. The molecule has 0 bridgehead atoms. The van der Waals surface area contributed by atoms with Gasteiger partial charge in [0.05, 0.1) is 0 Å². The van der Waals surface area contributed by atoms with Crippen LogP contribution in [0.2, 0.25) is 0 Å². The fourth-order valence-corrected chi connectivity index (χ4v) is 3.93. The summed E-state index contributed by atoms with van der Waals surface area (Å²) in [6.45, 7) is 6.37.